The van der Waals surface area contributed by atoms with E-state index in [1.54, 1.807) is 0 Å². The van der Waals surface area contributed by atoms with Crippen LogP contribution in [0.15, 0.2) is 9.95 Å². The minimum atomic E-state index is 0.00144. The number of nitrogens with zero attached hydrogens (tertiary/aromatic N) is 1. The molecule has 0 saturated heterocycles. The monoisotopic (exact) mass is 197 g/mol. The van der Waals surface area contributed by atoms with Gasteiger partial charge in [-0.25, -0.2) is 4.98 Å². The van der Waals surface area contributed by atoms with Crippen molar-refractivity contribution >= 4 is 11.8 Å². The standard InChI is InChI=1S/C8H11N3OS/c1-13-8-10-6-2-3-9-4-5(6)7(12)11-8/h9H,2-4H2,1H3,(H,10,11,12). The first-order valence-corrected chi connectivity index (χ1v) is 5.40. The molecule has 0 radical (unpaired) electrons. The fourth-order valence-electron chi connectivity index (χ4n) is 1.43. The molecule has 13 heavy (non-hydrogen) atoms. The number of thioether (sulfide) groups is 1. The molecule has 2 heterocycles. The van der Waals surface area contributed by atoms with E-state index < -0.39 is 0 Å². The summed E-state index contributed by atoms with van der Waals surface area (Å²) >= 11 is 1.47. The number of nitrogens with one attached hydrogen (secondary N) is 2. The smallest absolute Gasteiger partial charge is 0.256 e. The molecule has 2 N–H and O–H groups in total. The van der Waals surface area contributed by atoms with Crippen molar-refractivity contribution in [3.8, 4) is 0 Å². The Kier molecular flexibility index (Phi) is 2.37. The van der Waals surface area contributed by atoms with Crippen LogP contribution in [0.25, 0.3) is 0 Å². The van der Waals surface area contributed by atoms with Gasteiger partial charge in [0.05, 0.1) is 11.3 Å². The van der Waals surface area contributed by atoms with Crippen molar-refractivity contribution in [2.75, 3.05) is 12.8 Å². The number of aromatic amines is 1. The lowest BCUT2D eigenvalue weighted by atomic mass is 10.1. The molecule has 0 aromatic carbocycles. The van der Waals surface area contributed by atoms with Crippen molar-refractivity contribution in [2.45, 2.75) is 18.1 Å². The summed E-state index contributed by atoms with van der Waals surface area (Å²) in [5.41, 5.74) is 1.75. The van der Waals surface area contributed by atoms with Gasteiger partial charge in [0.25, 0.3) is 5.56 Å². The predicted octanol–water partition coefficient (Wildman–Crippen LogP) is 0.138. The Hall–Kier alpha value is -0.810. The van der Waals surface area contributed by atoms with Crippen molar-refractivity contribution in [1.82, 2.24) is 15.3 Å². The Morgan fingerprint density at radius 2 is 2.38 bits per heavy atom. The van der Waals surface area contributed by atoms with Crippen molar-refractivity contribution in [2.24, 2.45) is 0 Å². The van der Waals surface area contributed by atoms with E-state index in [2.05, 4.69) is 15.3 Å². The molecule has 70 valence electrons. The van der Waals surface area contributed by atoms with Gasteiger partial charge < -0.3 is 10.3 Å². The lowest BCUT2D eigenvalue weighted by molar-refractivity contribution is 0.609. The van der Waals surface area contributed by atoms with Gasteiger partial charge in [0.2, 0.25) is 0 Å². The van der Waals surface area contributed by atoms with Gasteiger partial charge in [-0.15, -0.1) is 0 Å². The molecule has 4 nitrogen and oxygen atoms in total. The van der Waals surface area contributed by atoms with Gasteiger partial charge in [-0.2, -0.15) is 0 Å². The Morgan fingerprint density at radius 1 is 1.54 bits per heavy atom. The molecular formula is C8H11N3OS. The normalized spacial score (nSPS) is 15.5. The SMILES string of the molecule is CSc1nc2c(c(=O)[nH]1)CNCC2. The summed E-state index contributed by atoms with van der Waals surface area (Å²) in [6.07, 6.45) is 2.76. The summed E-state index contributed by atoms with van der Waals surface area (Å²) in [7, 11) is 0. The molecule has 1 aromatic heterocycles. The van der Waals surface area contributed by atoms with Gasteiger partial charge in [0.1, 0.15) is 0 Å². The molecular weight excluding hydrogens is 186 g/mol. The molecule has 0 saturated carbocycles. The van der Waals surface area contributed by atoms with Gasteiger partial charge in [0, 0.05) is 19.5 Å². The number of H-pyrrole nitrogens is 1. The third-order valence-electron chi connectivity index (χ3n) is 2.11. The number of aromatic nitrogens is 2. The van der Waals surface area contributed by atoms with Crippen LogP contribution in [0, 0.1) is 0 Å². The highest BCUT2D eigenvalue weighted by Crippen LogP contribution is 2.11. The molecule has 0 fully saturated rings. The van der Waals surface area contributed by atoms with E-state index in [0.717, 1.165) is 24.2 Å². The summed E-state index contributed by atoms with van der Waals surface area (Å²) in [6.45, 7) is 1.56. The molecule has 1 aromatic rings. The van der Waals surface area contributed by atoms with Gasteiger partial charge in [0.15, 0.2) is 5.16 Å². The Morgan fingerprint density at radius 3 is 3.15 bits per heavy atom. The maximum atomic E-state index is 11.5. The first kappa shape index (κ1) is 8.77. The molecule has 0 amide bonds. The zero-order chi connectivity index (χ0) is 9.26. The summed E-state index contributed by atoms with van der Waals surface area (Å²) < 4.78 is 0. The Labute approximate surface area is 80.2 Å². The number of hydrogen-bond donors (Lipinski definition) is 2. The van der Waals surface area contributed by atoms with Crippen molar-refractivity contribution < 1.29 is 0 Å². The second kappa shape index (κ2) is 3.51. The van der Waals surface area contributed by atoms with Crippen LogP contribution in [-0.2, 0) is 13.0 Å². The zero-order valence-electron chi connectivity index (χ0n) is 7.39. The lowest BCUT2D eigenvalue weighted by Gasteiger charge is -2.14. The van der Waals surface area contributed by atoms with Gasteiger partial charge in [-0.3, -0.25) is 4.79 Å². The number of fused-ring (bicyclic) bond motifs is 1. The maximum absolute atomic E-state index is 11.5. The lowest BCUT2D eigenvalue weighted by Crippen LogP contribution is -2.31. The topological polar surface area (TPSA) is 57.8 Å². The Bertz CT molecular complexity index is 374. The Balaban J connectivity index is 2.53. The van der Waals surface area contributed by atoms with Gasteiger partial charge in [-0.05, 0) is 6.26 Å². The zero-order valence-corrected chi connectivity index (χ0v) is 8.20. The van der Waals surface area contributed by atoms with Crippen LogP contribution in [0.2, 0.25) is 0 Å². The summed E-state index contributed by atoms with van der Waals surface area (Å²) in [6, 6.07) is 0. The van der Waals surface area contributed by atoms with Crippen LogP contribution >= 0.6 is 11.8 Å². The van der Waals surface area contributed by atoms with E-state index in [4.69, 9.17) is 0 Å². The van der Waals surface area contributed by atoms with E-state index in [-0.39, 0.29) is 5.56 Å². The fourth-order valence-corrected chi connectivity index (χ4v) is 1.82. The molecule has 1 aliphatic heterocycles. The van der Waals surface area contributed by atoms with E-state index in [0.29, 0.717) is 11.7 Å². The molecule has 1 aliphatic rings. The predicted molar refractivity (Wildman–Crippen MR) is 52.0 cm³/mol. The van der Waals surface area contributed by atoms with Gasteiger partial charge in [-0.1, -0.05) is 11.8 Å². The highest BCUT2D eigenvalue weighted by atomic mass is 32.2. The van der Waals surface area contributed by atoms with E-state index in [1.807, 2.05) is 6.26 Å². The molecule has 0 spiro atoms. The van der Waals surface area contributed by atoms with Crippen LogP contribution in [-0.4, -0.2) is 22.8 Å². The summed E-state index contributed by atoms with van der Waals surface area (Å²) in [5, 5.41) is 3.87. The van der Waals surface area contributed by atoms with Crippen LogP contribution < -0.4 is 10.9 Å². The average Bonchev–Trinajstić information content (AvgIpc) is 2.18. The van der Waals surface area contributed by atoms with Crippen LogP contribution in [0.3, 0.4) is 0 Å². The molecule has 0 aliphatic carbocycles. The quantitative estimate of drug-likeness (QED) is 0.496. The maximum Gasteiger partial charge on any atom is 0.256 e. The molecule has 0 atom stereocenters. The number of rotatable bonds is 1. The van der Waals surface area contributed by atoms with Crippen molar-refractivity contribution in [1.29, 1.82) is 0 Å². The molecule has 0 bridgehead atoms. The summed E-state index contributed by atoms with van der Waals surface area (Å²) in [5.74, 6) is 0. The van der Waals surface area contributed by atoms with E-state index in [9.17, 15) is 4.79 Å². The minimum Gasteiger partial charge on any atom is -0.312 e. The summed E-state index contributed by atoms with van der Waals surface area (Å²) in [4.78, 5) is 18.6. The van der Waals surface area contributed by atoms with E-state index >= 15 is 0 Å². The molecule has 0 unspecified atom stereocenters. The van der Waals surface area contributed by atoms with Gasteiger partial charge >= 0.3 is 0 Å². The number of hydrogen-bond acceptors (Lipinski definition) is 4. The molecule has 2 rings (SSSR count). The highest BCUT2D eigenvalue weighted by Gasteiger charge is 2.14. The first-order chi connectivity index (χ1) is 6.31. The second-order valence-corrected chi connectivity index (χ2v) is 3.72. The fraction of sp³-hybridized carbons (Fsp3) is 0.500. The van der Waals surface area contributed by atoms with E-state index in [1.165, 1.54) is 11.8 Å². The third-order valence-corrected chi connectivity index (χ3v) is 2.69. The minimum absolute atomic E-state index is 0.00144. The van der Waals surface area contributed by atoms with Crippen LogP contribution in [0.1, 0.15) is 11.3 Å². The largest absolute Gasteiger partial charge is 0.312 e. The van der Waals surface area contributed by atoms with Crippen LogP contribution in [0.5, 0.6) is 0 Å². The van der Waals surface area contributed by atoms with Crippen molar-refractivity contribution in [3.63, 3.8) is 0 Å². The van der Waals surface area contributed by atoms with Crippen molar-refractivity contribution in [3.05, 3.63) is 21.6 Å². The third kappa shape index (κ3) is 1.62. The average molecular weight is 197 g/mol. The molecule has 5 heteroatoms. The van der Waals surface area contributed by atoms with Crippen LogP contribution in [0.4, 0.5) is 0 Å². The second-order valence-electron chi connectivity index (χ2n) is 2.93. The first-order valence-electron chi connectivity index (χ1n) is 4.18. The highest BCUT2D eigenvalue weighted by molar-refractivity contribution is 7.98.